The predicted octanol–water partition coefficient (Wildman–Crippen LogP) is 4.12. The molecule has 1 aliphatic carbocycles. The first kappa shape index (κ1) is 21.9. The van der Waals surface area contributed by atoms with E-state index in [1.807, 2.05) is 48.7 Å². The maximum Gasteiger partial charge on any atom is 0.271 e. The quantitative estimate of drug-likeness (QED) is 0.536. The summed E-state index contributed by atoms with van der Waals surface area (Å²) in [6, 6.07) is 10.2. The van der Waals surface area contributed by atoms with E-state index in [4.69, 9.17) is 4.74 Å². The van der Waals surface area contributed by atoms with Crippen molar-refractivity contribution in [2.75, 3.05) is 19.8 Å². The topological polar surface area (TPSA) is 63.6 Å². The molecular formula is C25H35N3O3. The Kier molecular flexibility index (Phi) is 6.65. The van der Waals surface area contributed by atoms with Crippen LogP contribution in [0, 0.1) is 0 Å². The molecule has 6 heteroatoms. The number of nitrogens with zero attached hydrogens (tertiary/aromatic N) is 2. The molecule has 1 aromatic carbocycles. The highest BCUT2D eigenvalue weighted by Crippen LogP contribution is 2.33. The van der Waals surface area contributed by atoms with Crippen molar-refractivity contribution in [3.63, 3.8) is 0 Å². The van der Waals surface area contributed by atoms with Gasteiger partial charge in [-0.2, -0.15) is 0 Å². The Balaban J connectivity index is 1.64. The van der Waals surface area contributed by atoms with Gasteiger partial charge < -0.3 is 19.5 Å². The Bertz CT molecular complexity index is 929. The number of hydrogen-bond acceptors (Lipinski definition) is 3. The molecule has 0 radical (unpaired) electrons. The van der Waals surface area contributed by atoms with Crippen LogP contribution in [0.1, 0.15) is 69.3 Å². The first-order valence-corrected chi connectivity index (χ1v) is 11.8. The molecule has 1 atom stereocenters. The Morgan fingerprint density at radius 1 is 1.19 bits per heavy atom. The number of nitrogens with one attached hydrogen (secondary N) is 1. The van der Waals surface area contributed by atoms with Gasteiger partial charge in [-0.05, 0) is 45.2 Å². The van der Waals surface area contributed by atoms with Crippen molar-refractivity contribution in [3.8, 4) is 0 Å². The number of hydrogen-bond donors (Lipinski definition) is 1. The lowest BCUT2D eigenvalue weighted by molar-refractivity contribution is -0.133. The van der Waals surface area contributed by atoms with Crippen LogP contribution in [-0.4, -0.2) is 52.6 Å². The molecule has 0 bridgehead atoms. The molecule has 0 spiro atoms. The largest absolute Gasteiger partial charge is 0.382 e. The van der Waals surface area contributed by atoms with Crippen LogP contribution in [0.25, 0.3) is 10.9 Å². The van der Waals surface area contributed by atoms with Crippen molar-refractivity contribution in [2.45, 2.75) is 76.9 Å². The molecule has 2 aliphatic rings. The number of carbonyl (C=O) groups is 2. The lowest BCUT2D eigenvalue weighted by Crippen LogP contribution is -2.65. The van der Waals surface area contributed by atoms with Crippen LogP contribution in [0.15, 0.2) is 30.3 Å². The van der Waals surface area contributed by atoms with Crippen molar-refractivity contribution in [2.24, 2.45) is 0 Å². The smallest absolute Gasteiger partial charge is 0.271 e. The highest BCUT2D eigenvalue weighted by Gasteiger charge is 2.47. The number of ether oxygens (including phenoxy) is 1. The monoisotopic (exact) mass is 425 g/mol. The van der Waals surface area contributed by atoms with E-state index < -0.39 is 5.54 Å². The van der Waals surface area contributed by atoms with Crippen LogP contribution in [-0.2, 0) is 16.1 Å². The van der Waals surface area contributed by atoms with E-state index in [0.717, 1.165) is 36.6 Å². The molecule has 2 heterocycles. The highest BCUT2D eigenvalue weighted by molar-refractivity contribution is 6.03. The number of para-hydroxylation sites is 1. The van der Waals surface area contributed by atoms with Crippen molar-refractivity contribution in [1.29, 1.82) is 0 Å². The molecule has 31 heavy (non-hydrogen) atoms. The summed E-state index contributed by atoms with van der Waals surface area (Å²) in [7, 11) is 0. The van der Waals surface area contributed by atoms with E-state index in [1.54, 1.807) is 4.90 Å². The average Bonchev–Trinajstić information content (AvgIpc) is 2.93. The summed E-state index contributed by atoms with van der Waals surface area (Å²) >= 11 is 0. The zero-order valence-corrected chi connectivity index (χ0v) is 18.9. The molecule has 1 aromatic heterocycles. The fraction of sp³-hybridized carbons (Fsp3) is 0.600. The molecule has 2 aromatic rings. The molecular weight excluding hydrogens is 390 g/mol. The molecule has 168 valence electrons. The average molecular weight is 426 g/mol. The van der Waals surface area contributed by atoms with Gasteiger partial charge in [0.2, 0.25) is 5.91 Å². The Hall–Kier alpha value is -2.34. The number of amides is 2. The van der Waals surface area contributed by atoms with Gasteiger partial charge >= 0.3 is 0 Å². The summed E-state index contributed by atoms with van der Waals surface area (Å²) in [5.74, 6) is -0.106. The predicted molar refractivity (Wildman–Crippen MR) is 122 cm³/mol. The number of benzene rings is 1. The van der Waals surface area contributed by atoms with Crippen LogP contribution >= 0.6 is 0 Å². The van der Waals surface area contributed by atoms with Gasteiger partial charge in [-0.3, -0.25) is 9.59 Å². The fourth-order valence-electron chi connectivity index (χ4n) is 5.09. The van der Waals surface area contributed by atoms with Crippen molar-refractivity contribution in [1.82, 2.24) is 14.8 Å². The summed E-state index contributed by atoms with van der Waals surface area (Å²) in [6.45, 7) is 6.11. The third-order valence-electron chi connectivity index (χ3n) is 6.89. The molecule has 1 aliphatic heterocycles. The molecule has 1 saturated carbocycles. The van der Waals surface area contributed by atoms with Gasteiger partial charge in [0.05, 0.1) is 6.54 Å². The summed E-state index contributed by atoms with van der Waals surface area (Å²) < 4.78 is 7.53. The first-order chi connectivity index (χ1) is 15.0. The van der Waals surface area contributed by atoms with Crippen LogP contribution in [0.4, 0.5) is 0 Å². The second-order valence-electron chi connectivity index (χ2n) is 9.12. The van der Waals surface area contributed by atoms with E-state index in [-0.39, 0.29) is 17.9 Å². The van der Waals surface area contributed by atoms with Gasteiger partial charge in [0.25, 0.3) is 5.91 Å². The number of fused-ring (bicyclic) bond motifs is 3. The van der Waals surface area contributed by atoms with Gasteiger partial charge in [0.1, 0.15) is 11.2 Å². The van der Waals surface area contributed by atoms with Gasteiger partial charge in [-0.1, -0.05) is 43.9 Å². The zero-order valence-electron chi connectivity index (χ0n) is 18.9. The number of carbonyl (C=O) groups excluding carboxylic acids is 2. The molecule has 2 amide bonds. The van der Waals surface area contributed by atoms with Crippen LogP contribution in [0.5, 0.6) is 0 Å². The Morgan fingerprint density at radius 3 is 2.68 bits per heavy atom. The van der Waals surface area contributed by atoms with Gasteiger partial charge in [-0.15, -0.1) is 0 Å². The maximum atomic E-state index is 13.7. The van der Waals surface area contributed by atoms with Crippen molar-refractivity contribution >= 4 is 22.7 Å². The Labute approximate surface area is 184 Å². The summed E-state index contributed by atoms with van der Waals surface area (Å²) in [4.78, 5) is 29.0. The third kappa shape index (κ3) is 4.36. The SMILES string of the molecule is CCOCCCN1C(=O)c2cc3ccccc3n2CC1(C)C(=O)NC1CCCCCC1. The molecule has 1 fully saturated rings. The van der Waals surface area contributed by atoms with Crippen molar-refractivity contribution in [3.05, 3.63) is 36.0 Å². The van der Waals surface area contributed by atoms with Gasteiger partial charge in [-0.25, -0.2) is 0 Å². The highest BCUT2D eigenvalue weighted by atomic mass is 16.5. The molecule has 6 nitrogen and oxygen atoms in total. The van der Waals surface area contributed by atoms with Crippen LogP contribution in [0.2, 0.25) is 0 Å². The van der Waals surface area contributed by atoms with Crippen LogP contribution < -0.4 is 5.32 Å². The minimum absolute atomic E-state index is 0.0346. The maximum absolute atomic E-state index is 13.7. The van der Waals surface area contributed by atoms with Crippen molar-refractivity contribution < 1.29 is 14.3 Å². The summed E-state index contributed by atoms with van der Waals surface area (Å²) in [6.07, 6.45) is 7.56. The van der Waals surface area contributed by atoms with E-state index in [1.165, 1.54) is 12.8 Å². The minimum Gasteiger partial charge on any atom is -0.382 e. The molecule has 1 unspecified atom stereocenters. The van der Waals surface area contributed by atoms with Gasteiger partial charge in [0.15, 0.2) is 0 Å². The molecule has 0 saturated heterocycles. The zero-order chi connectivity index (χ0) is 21.8. The number of rotatable bonds is 7. The second-order valence-corrected chi connectivity index (χ2v) is 9.12. The standard InChI is InChI=1S/C25H35N3O3/c1-3-31-16-10-15-28-23(29)22-17-19-11-8-9-14-21(19)27(22)18-25(28,2)24(30)26-20-12-6-4-5-7-13-20/h8-9,11,14,17,20H,3-7,10,12-13,15-16,18H2,1-2H3,(H,26,30). The first-order valence-electron chi connectivity index (χ1n) is 11.8. The van der Waals surface area contributed by atoms with E-state index in [0.29, 0.717) is 38.4 Å². The summed E-state index contributed by atoms with van der Waals surface area (Å²) in [5.41, 5.74) is 0.746. The third-order valence-corrected chi connectivity index (χ3v) is 6.89. The second kappa shape index (κ2) is 9.43. The Morgan fingerprint density at radius 2 is 1.94 bits per heavy atom. The lowest BCUT2D eigenvalue weighted by Gasteiger charge is -2.44. The van der Waals surface area contributed by atoms with Crippen LogP contribution in [0.3, 0.4) is 0 Å². The minimum atomic E-state index is -0.926. The normalized spacial score (nSPS) is 22.4. The van der Waals surface area contributed by atoms with E-state index in [9.17, 15) is 9.59 Å². The van der Waals surface area contributed by atoms with E-state index >= 15 is 0 Å². The summed E-state index contributed by atoms with van der Waals surface area (Å²) in [5, 5.41) is 4.35. The molecule has 1 N–H and O–H groups in total. The fourth-order valence-corrected chi connectivity index (χ4v) is 5.09. The van der Waals surface area contributed by atoms with Gasteiger partial charge in [0, 0.05) is 36.7 Å². The lowest BCUT2D eigenvalue weighted by atomic mass is 9.93. The molecule has 4 rings (SSSR count). The van der Waals surface area contributed by atoms with E-state index in [2.05, 4.69) is 5.32 Å². The number of aromatic nitrogens is 1.